The van der Waals surface area contributed by atoms with E-state index in [4.69, 9.17) is 19.8 Å². The molecule has 2 rings (SSSR count). The number of hydrogen-bond donors (Lipinski definition) is 3. The molecular formula is C21H38N2O8Y. The van der Waals surface area contributed by atoms with Crippen LogP contribution in [0.1, 0.15) is 54.4 Å². The molecule has 3 N–H and O–H groups in total. The second kappa shape index (κ2) is 21.5. The van der Waals surface area contributed by atoms with Crippen LogP contribution in [-0.4, -0.2) is 53.3 Å². The van der Waals surface area contributed by atoms with Gasteiger partial charge in [0.1, 0.15) is 11.4 Å². The van der Waals surface area contributed by atoms with E-state index in [0.717, 1.165) is 19.1 Å². The number of amides is 1. The summed E-state index contributed by atoms with van der Waals surface area (Å²) in [6.07, 6.45) is 2.11. The first-order chi connectivity index (χ1) is 14.5. The molecule has 183 valence electrons. The molecular weight excluding hydrogens is 497 g/mol. The summed E-state index contributed by atoms with van der Waals surface area (Å²) in [6.45, 7) is 13.8. The van der Waals surface area contributed by atoms with Gasteiger partial charge in [-0.05, 0) is 51.7 Å². The molecule has 10 nitrogen and oxygen atoms in total. The van der Waals surface area contributed by atoms with Crippen LogP contribution in [0.15, 0.2) is 24.3 Å². The smallest absolute Gasteiger partial charge is 0.407 e. The third-order valence-corrected chi connectivity index (χ3v) is 3.31. The van der Waals surface area contributed by atoms with Gasteiger partial charge in [0.15, 0.2) is 0 Å². The van der Waals surface area contributed by atoms with Gasteiger partial charge >= 0.3 is 6.09 Å². The molecule has 1 saturated heterocycles. The van der Waals surface area contributed by atoms with E-state index >= 15 is 0 Å². The molecule has 1 amide bonds. The van der Waals surface area contributed by atoms with Crippen molar-refractivity contribution < 1.29 is 67.2 Å². The number of benzene rings is 1. The Morgan fingerprint density at radius 2 is 1.84 bits per heavy atom. The topological polar surface area (TPSA) is 140 Å². The van der Waals surface area contributed by atoms with Crippen LogP contribution < -0.4 is 5.32 Å². The summed E-state index contributed by atoms with van der Waals surface area (Å²) in [5.74, 6) is 0.847. The number of nitrogens with zero attached hydrogens (tertiary/aromatic N) is 1. The Morgan fingerprint density at radius 3 is 2.19 bits per heavy atom. The van der Waals surface area contributed by atoms with Crippen molar-refractivity contribution in [1.82, 2.24) is 5.32 Å². The third kappa shape index (κ3) is 23.3. The number of hydrogen-bond acceptors (Lipinski definition) is 8. The molecule has 0 aliphatic carbocycles. The van der Waals surface area contributed by atoms with E-state index in [-0.39, 0.29) is 57.3 Å². The summed E-state index contributed by atoms with van der Waals surface area (Å²) in [6, 6.07) is 5.04. The summed E-state index contributed by atoms with van der Waals surface area (Å²) in [5.41, 5.74) is -0.512. The molecule has 0 spiro atoms. The second-order valence-corrected chi connectivity index (χ2v) is 7.36. The van der Waals surface area contributed by atoms with Gasteiger partial charge < -0.3 is 19.9 Å². The van der Waals surface area contributed by atoms with Crippen LogP contribution in [0.25, 0.3) is 0 Å². The number of carbonyl (C=O) groups excluding carboxylic acids is 1. The Morgan fingerprint density at radius 1 is 1.28 bits per heavy atom. The number of nitrogens with one attached hydrogen (secondary N) is 1. The normalized spacial score (nSPS) is 14.4. The maximum absolute atomic E-state index is 10.9. The molecule has 1 radical (unpaired) electrons. The van der Waals surface area contributed by atoms with Gasteiger partial charge in [0.2, 0.25) is 0 Å². The number of phenolic OH excluding ortho intramolecular Hbond substituents is 1. The molecule has 1 aromatic carbocycles. The Balaban J connectivity index is -0.000000382. The fourth-order valence-electron chi connectivity index (χ4n) is 1.99. The number of non-ortho nitro benzene ring substituents is 1. The minimum Gasteiger partial charge on any atom is -0.508 e. The largest absolute Gasteiger partial charge is 0.508 e. The van der Waals surface area contributed by atoms with Crippen molar-refractivity contribution in [3.05, 3.63) is 34.4 Å². The Kier molecular flexibility index (Phi) is 23.7. The average molecular weight is 535 g/mol. The Labute approximate surface area is 216 Å². The summed E-state index contributed by atoms with van der Waals surface area (Å²) in [4.78, 5) is 24.1. The monoisotopic (exact) mass is 535 g/mol. The van der Waals surface area contributed by atoms with Crippen molar-refractivity contribution in [2.75, 3.05) is 26.4 Å². The van der Waals surface area contributed by atoms with E-state index in [2.05, 4.69) is 17.1 Å². The number of aromatic hydroxyl groups is 1. The molecule has 1 heterocycles. The molecule has 1 fully saturated rings. The quantitative estimate of drug-likeness (QED) is 0.217. The summed E-state index contributed by atoms with van der Waals surface area (Å²) < 4.78 is 10.1. The van der Waals surface area contributed by atoms with Crippen LogP contribution in [-0.2, 0) is 47.1 Å². The molecule has 1 unspecified atom stereocenters. The van der Waals surface area contributed by atoms with Gasteiger partial charge in [-0.1, -0.05) is 20.8 Å². The van der Waals surface area contributed by atoms with Crippen LogP contribution in [0.4, 0.5) is 10.5 Å². The Hall–Kier alpha value is -1.33. The van der Waals surface area contributed by atoms with Gasteiger partial charge in [-0.25, -0.2) is 9.68 Å². The van der Waals surface area contributed by atoms with Crippen molar-refractivity contribution >= 4 is 11.8 Å². The zero-order valence-corrected chi connectivity index (χ0v) is 22.8. The van der Waals surface area contributed by atoms with Crippen LogP contribution in [0.2, 0.25) is 0 Å². The van der Waals surface area contributed by atoms with Gasteiger partial charge in [-0.15, -0.1) is 0 Å². The van der Waals surface area contributed by atoms with E-state index in [1.807, 2.05) is 13.8 Å². The van der Waals surface area contributed by atoms with Crippen molar-refractivity contribution in [3.8, 4) is 5.75 Å². The van der Waals surface area contributed by atoms with Gasteiger partial charge in [0, 0.05) is 64.6 Å². The number of carbonyl (C=O) groups is 1. The van der Waals surface area contributed by atoms with Crippen molar-refractivity contribution in [2.45, 2.75) is 60.0 Å². The number of phenols is 1. The van der Waals surface area contributed by atoms with Crippen molar-refractivity contribution in [1.29, 1.82) is 0 Å². The third-order valence-electron chi connectivity index (χ3n) is 3.31. The fourth-order valence-corrected chi connectivity index (χ4v) is 1.99. The van der Waals surface area contributed by atoms with Crippen LogP contribution >= 0.6 is 0 Å². The van der Waals surface area contributed by atoms with Crippen molar-refractivity contribution in [3.63, 3.8) is 0 Å². The number of alkyl carbamates (subject to hydrolysis) is 1. The molecule has 1 aliphatic heterocycles. The van der Waals surface area contributed by atoms with E-state index in [1.165, 1.54) is 37.1 Å². The maximum Gasteiger partial charge on any atom is 0.407 e. The van der Waals surface area contributed by atoms with Gasteiger partial charge in [0.05, 0.1) is 11.5 Å². The average Bonchev–Trinajstić information content (AvgIpc) is 2.70. The summed E-state index contributed by atoms with van der Waals surface area (Å²) in [5, 5.41) is 29.1. The van der Waals surface area contributed by atoms with Crippen LogP contribution in [0.3, 0.4) is 0 Å². The molecule has 0 aromatic heterocycles. The summed E-state index contributed by atoms with van der Waals surface area (Å²) >= 11 is 0. The van der Waals surface area contributed by atoms with Gasteiger partial charge in [0.25, 0.3) is 5.69 Å². The number of rotatable bonds is 4. The maximum atomic E-state index is 10.9. The van der Waals surface area contributed by atoms with E-state index in [1.54, 1.807) is 20.8 Å². The molecule has 1 aliphatic rings. The first kappa shape index (κ1) is 35.3. The molecule has 0 bridgehead atoms. The minimum atomic E-state index is -0.514. The zero-order chi connectivity index (χ0) is 24.3. The number of ether oxygens (including phenoxy) is 2. The van der Waals surface area contributed by atoms with Gasteiger partial charge in [-0.3, -0.25) is 15.4 Å². The van der Waals surface area contributed by atoms with E-state index in [9.17, 15) is 14.9 Å². The first-order valence-corrected chi connectivity index (χ1v) is 10.3. The van der Waals surface area contributed by atoms with E-state index < -0.39 is 16.6 Å². The van der Waals surface area contributed by atoms with E-state index in [0.29, 0.717) is 0 Å². The zero-order valence-electron chi connectivity index (χ0n) is 20.0. The van der Waals surface area contributed by atoms with Gasteiger partial charge in [-0.2, -0.15) is 0 Å². The Bertz CT molecular complexity index is 588. The fraction of sp³-hybridized carbons (Fsp3) is 0.667. The van der Waals surface area contributed by atoms with Crippen molar-refractivity contribution in [2.24, 2.45) is 5.92 Å². The minimum absolute atomic E-state index is 0. The first-order valence-electron chi connectivity index (χ1n) is 10.3. The standard InChI is InChI=1S/C7H15NO4.C6H5NO3.C6H12O.C2H6.Y/c1-7(2,3)12-6(9)8-4-5-11-10;8-6-3-1-5(2-4-6)7(9)10;1-6-3-2-4-7-5-6;1-2;/h10H,4-5H2,1-3H3,(H,8,9);1-4,8H;6H,2-5H2,1H3;1-2H3;. The predicted molar refractivity (Wildman–Crippen MR) is 118 cm³/mol. The predicted octanol–water partition coefficient (Wildman–Crippen LogP) is 4.76. The molecule has 11 heteroatoms. The number of nitro groups is 1. The molecule has 32 heavy (non-hydrogen) atoms. The SMILES string of the molecule is CC.CC(C)(C)OC(=O)NCCOO.CC1CCCOC1.O=[N+]([O-])c1ccc(O)cc1.[Y]. The number of nitro benzene ring substituents is 1. The molecule has 1 aromatic rings. The summed E-state index contributed by atoms with van der Waals surface area (Å²) in [7, 11) is 0. The van der Waals surface area contributed by atoms with Crippen LogP contribution in [0, 0.1) is 16.0 Å². The van der Waals surface area contributed by atoms with Crippen LogP contribution in [0.5, 0.6) is 5.75 Å². The molecule has 1 atom stereocenters. The second-order valence-electron chi connectivity index (χ2n) is 7.36. The molecule has 0 saturated carbocycles.